The zero-order valence-corrected chi connectivity index (χ0v) is 16.7. The monoisotopic (exact) mass is 381 g/mol. The van der Waals surface area contributed by atoms with Gasteiger partial charge in [-0.05, 0) is 37.5 Å². The Morgan fingerprint density at radius 3 is 2.54 bits per heavy atom. The van der Waals surface area contributed by atoms with Gasteiger partial charge in [-0.1, -0.05) is 37.3 Å². The molecule has 6 heteroatoms. The summed E-state index contributed by atoms with van der Waals surface area (Å²) in [6.07, 6.45) is 1.00. The number of hydrogen-bond acceptors (Lipinski definition) is 3. The summed E-state index contributed by atoms with van der Waals surface area (Å²) in [5.41, 5.74) is 2.26. The third-order valence-corrected chi connectivity index (χ3v) is 5.32. The summed E-state index contributed by atoms with van der Waals surface area (Å²) in [4.78, 5) is 44.5. The first-order chi connectivity index (χ1) is 13.4. The second-order valence-corrected chi connectivity index (χ2v) is 7.41. The van der Waals surface area contributed by atoms with Crippen molar-refractivity contribution >= 4 is 11.8 Å². The van der Waals surface area contributed by atoms with Crippen LogP contribution in [0, 0.1) is 13.8 Å². The lowest BCUT2D eigenvalue weighted by atomic mass is 10.1. The van der Waals surface area contributed by atoms with Crippen molar-refractivity contribution in [1.29, 1.82) is 0 Å². The van der Waals surface area contributed by atoms with Crippen molar-refractivity contribution in [2.75, 3.05) is 13.1 Å². The lowest BCUT2D eigenvalue weighted by Crippen LogP contribution is -2.44. The number of pyridine rings is 1. The minimum absolute atomic E-state index is 0.0422. The predicted octanol–water partition coefficient (Wildman–Crippen LogP) is 2.65. The molecule has 28 heavy (non-hydrogen) atoms. The number of rotatable bonds is 4. The summed E-state index contributed by atoms with van der Waals surface area (Å²) in [6, 6.07) is 11.6. The molecule has 1 saturated heterocycles. The highest BCUT2D eigenvalue weighted by molar-refractivity contribution is 5.95. The van der Waals surface area contributed by atoms with Gasteiger partial charge in [0.2, 0.25) is 5.91 Å². The van der Waals surface area contributed by atoms with Gasteiger partial charge in [-0.2, -0.15) is 0 Å². The third kappa shape index (κ3) is 4.16. The molecule has 2 amide bonds. The molecule has 3 rings (SSSR count). The van der Waals surface area contributed by atoms with Crippen molar-refractivity contribution in [3.05, 3.63) is 69.1 Å². The van der Waals surface area contributed by atoms with Crippen LogP contribution in [-0.4, -0.2) is 45.7 Å². The van der Waals surface area contributed by atoms with Gasteiger partial charge in [0.15, 0.2) is 0 Å². The van der Waals surface area contributed by atoms with E-state index in [0.29, 0.717) is 25.2 Å². The maximum atomic E-state index is 13.1. The van der Waals surface area contributed by atoms with Crippen molar-refractivity contribution < 1.29 is 9.59 Å². The molecule has 2 aromatic rings. The number of nitrogens with one attached hydrogen (secondary N) is 1. The Morgan fingerprint density at radius 2 is 1.89 bits per heavy atom. The minimum atomic E-state index is -0.368. The molecule has 1 atom stereocenters. The second kappa shape index (κ2) is 8.42. The van der Waals surface area contributed by atoms with Crippen molar-refractivity contribution in [2.24, 2.45) is 0 Å². The van der Waals surface area contributed by atoms with Crippen LogP contribution < -0.4 is 5.56 Å². The van der Waals surface area contributed by atoms with E-state index in [-0.39, 0.29) is 35.4 Å². The fourth-order valence-electron chi connectivity index (χ4n) is 3.83. The van der Waals surface area contributed by atoms with Gasteiger partial charge >= 0.3 is 0 Å². The summed E-state index contributed by atoms with van der Waals surface area (Å²) in [5, 5.41) is 0. The summed E-state index contributed by atoms with van der Waals surface area (Å²) in [6.45, 7) is 6.88. The van der Waals surface area contributed by atoms with Gasteiger partial charge in [-0.3, -0.25) is 14.4 Å². The normalized spacial score (nSPS) is 17.5. The van der Waals surface area contributed by atoms with Crippen LogP contribution in [0.5, 0.6) is 0 Å². The van der Waals surface area contributed by atoms with E-state index in [1.165, 1.54) is 0 Å². The van der Waals surface area contributed by atoms with E-state index in [4.69, 9.17) is 0 Å². The Bertz CT molecular complexity index is 920. The molecule has 1 aromatic carbocycles. The Balaban J connectivity index is 1.85. The average molecular weight is 381 g/mol. The Labute approximate surface area is 165 Å². The van der Waals surface area contributed by atoms with E-state index in [2.05, 4.69) is 4.98 Å². The number of nitrogens with zero attached hydrogens (tertiary/aromatic N) is 2. The average Bonchev–Trinajstić information content (AvgIpc) is 2.81. The van der Waals surface area contributed by atoms with Gasteiger partial charge in [-0.25, -0.2) is 0 Å². The fraction of sp³-hybridized carbons (Fsp3) is 0.409. The van der Waals surface area contributed by atoms with Crippen LogP contribution in [0.4, 0.5) is 0 Å². The quantitative estimate of drug-likeness (QED) is 0.885. The maximum absolute atomic E-state index is 13.1. The number of amides is 2. The van der Waals surface area contributed by atoms with Gasteiger partial charge in [0, 0.05) is 37.8 Å². The number of carbonyl (C=O) groups is 2. The zero-order valence-electron chi connectivity index (χ0n) is 16.7. The lowest BCUT2D eigenvalue weighted by Gasteiger charge is -2.31. The van der Waals surface area contributed by atoms with Crippen LogP contribution in [-0.2, 0) is 11.3 Å². The van der Waals surface area contributed by atoms with Crippen LogP contribution in [0.25, 0.3) is 0 Å². The molecule has 0 saturated carbocycles. The van der Waals surface area contributed by atoms with E-state index in [0.717, 1.165) is 17.7 Å². The van der Waals surface area contributed by atoms with E-state index >= 15 is 0 Å². The maximum Gasteiger partial charge on any atom is 0.261 e. The van der Waals surface area contributed by atoms with E-state index in [1.54, 1.807) is 24.8 Å². The van der Waals surface area contributed by atoms with Crippen molar-refractivity contribution in [1.82, 2.24) is 14.8 Å². The van der Waals surface area contributed by atoms with Crippen LogP contribution >= 0.6 is 0 Å². The van der Waals surface area contributed by atoms with Crippen LogP contribution in [0.1, 0.15) is 46.9 Å². The first kappa shape index (κ1) is 19.9. The lowest BCUT2D eigenvalue weighted by molar-refractivity contribution is -0.133. The number of hydrogen-bond donors (Lipinski definition) is 1. The van der Waals surface area contributed by atoms with Crippen molar-refractivity contribution in [3.63, 3.8) is 0 Å². The summed E-state index contributed by atoms with van der Waals surface area (Å²) < 4.78 is 0. The SMILES string of the molecule is CC[C@@H]1CN(C(=O)c2c(C)cc(C)[nH]c2=O)CCC(=O)N1Cc1ccccc1. The van der Waals surface area contributed by atoms with Crippen molar-refractivity contribution in [2.45, 2.75) is 46.2 Å². The fourth-order valence-corrected chi connectivity index (χ4v) is 3.83. The number of aromatic nitrogens is 1. The van der Waals surface area contributed by atoms with Gasteiger partial charge in [0.25, 0.3) is 11.5 Å². The molecule has 1 aliphatic rings. The third-order valence-electron chi connectivity index (χ3n) is 5.32. The standard InChI is InChI=1S/C22H27N3O3/c1-4-18-14-24(22(28)20-15(2)12-16(3)23-21(20)27)11-10-19(26)25(18)13-17-8-6-5-7-9-17/h5-9,12,18H,4,10-11,13-14H2,1-3H3,(H,23,27)/t18-/m1/s1. The Kier molecular flexibility index (Phi) is 5.97. The molecule has 0 radical (unpaired) electrons. The molecule has 6 nitrogen and oxygen atoms in total. The summed E-state index contributed by atoms with van der Waals surface area (Å²) in [5.74, 6) is -0.257. The van der Waals surface area contributed by atoms with Gasteiger partial charge in [0.1, 0.15) is 5.56 Å². The molecule has 0 aliphatic carbocycles. The first-order valence-corrected chi connectivity index (χ1v) is 9.74. The second-order valence-electron chi connectivity index (χ2n) is 7.41. The number of benzene rings is 1. The van der Waals surface area contributed by atoms with E-state index < -0.39 is 0 Å². The molecule has 1 aliphatic heterocycles. The number of carbonyl (C=O) groups excluding carboxylic acids is 2. The molecule has 1 fully saturated rings. The van der Waals surface area contributed by atoms with Crippen LogP contribution in [0.2, 0.25) is 0 Å². The summed E-state index contributed by atoms with van der Waals surface area (Å²) in [7, 11) is 0. The molecule has 1 aromatic heterocycles. The molecular weight excluding hydrogens is 354 g/mol. The number of aryl methyl sites for hydroxylation is 2. The highest BCUT2D eigenvalue weighted by Gasteiger charge is 2.32. The number of aromatic amines is 1. The molecule has 0 bridgehead atoms. The van der Waals surface area contributed by atoms with E-state index in [1.807, 2.05) is 42.2 Å². The number of H-pyrrole nitrogens is 1. The molecule has 0 spiro atoms. The van der Waals surface area contributed by atoms with Crippen LogP contribution in [0.15, 0.2) is 41.2 Å². The van der Waals surface area contributed by atoms with E-state index in [9.17, 15) is 14.4 Å². The molecule has 2 heterocycles. The first-order valence-electron chi connectivity index (χ1n) is 9.74. The van der Waals surface area contributed by atoms with Gasteiger partial charge < -0.3 is 14.8 Å². The highest BCUT2D eigenvalue weighted by atomic mass is 16.2. The van der Waals surface area contributed by atoms with Gasteiger partial charge in [0.05, 0.1) is 0 Å². The smallest absolute Gasteiger partial charge is 0.261 e. The summed E-state index contributed by atoms with van der Waals surface area (Å²) >= 11 is 0. The molecule has 1 N–H and O–H groups in total. The Morgan fingerprint density at radius 1 is 1.18 bits per heavy atom. The predicted molar refractivity (Wildman–Crippen MR) is 108 cm³/mol. The van der Waals surface area contributed by atoms with Crippen LogP contribution in [0.3, 0.4) is 0 Å². The van der Waals surface area contributed by atoms with Gasteiger partial charge in [-0.15, -0.1) is 0 Å². The Hall–Kier alpha value is -2.89. The molecule has 148 valence electrons. The highest BCUT2D eigenvalue weighted by Crippen LogP contribution is 2.19. The van der Waals surface area contributed by atoms with Crippen molar-refractivity contribution in [3.8, 4) is 0 Å². The topological polar surface area (TPSA) is 73.5 Å². The molecular formula is C22H27N3O3. The minimum Gasteiger partial charge on any atom is -0.336 e. The largest absolute Gasteiger partial charge is 0.336 e. The zero-order chi connectivity index (χ0) is 20.3. The molecule has 0 unspecified atom stereocenters.